The van der Waals surface area contributed by atoms with Crippen molar-refractivity contribution in [2.75, 3.05) is 0 Å². The number of halogens is 2. The summed E-state index contributed by atoms with van der Waals surface area (Å²) >= 11 is 9.56. The molecule has 0 heterocycles. The molecule has 0 radical (unpaired) electrons. The average molecular weight is 326 g/mol. The van der Waals surface area contributed by atoms with Crippen molar-refractivity contribution in [2.45, 2.75) is 18.9 Å². The Labute approximate surface area is 121 Å². The van der Waals surface area contributed by atoms with E-state index in [0.717, 1.165) is 15.6 Å². The maximum Gasteiger partial charge on any atom is 0.0909 e. The summed E-state index contributed by atoms with van der Waals surface area (Å²) in [6, 6.07) is 15.3. The van der Waals surface area contributed by atoms with Gasteiger partial charge >= 0.3 is 0 Å². The van der Waals surface area contributed by atoms with Crippen molar-refractivity contribution in [3.05, 3.63) is 69.2 Å². The standard InChI is InChI=1S/C15H14BrClO/c1-15(18,12-5-3-2-4-6-12)10-11-7-8-13(16)9-14(11)17/h2-9,18H,10H2,1H3. The molecule has 94 valence electrons. The van der Waals surface area contributed by atoms with Crippen LogP contribution in [0.25, 0.3) is 0 Å². The summed E-state index contributed by atoms with van der Waals surface area (Å²) in [6.45, 7) is 1.81. The van der Waals surface area contributed by atoms with Gasteiger partial charge in [0.1, 0.15) is 0 Å². The van der Waals surface area contributed by atoms with Crippen LogP contribution in [0.2, 0.25) is 5.02 Å². The van der Waals surface area contributed by atoms with Crippen LogP contribution in [0.4, 0.5) is 0 Å². The summed E-state index contributed by atoms with van der Waals surface area (Å²) in [4.78, 5) is 0. The van der Waals surface area contributed by atoms with Crippen LogP contribution < -0.4 is 0 Å². The normalized spacial score (nSPS) is 14.2. The van der Waals surface area contributed by atoms with Crippen molar-refractivity contribution in [2.24, 2.45) is 0 Å². The molecular formula is C15H14BrClO. The van der Waals surface area contributed by atoms with Crippen molar-refractivity contribution in [3.63, 3.8) is 0 Å². The van der Waals surface area contributed by atoms with Gasteiger partial charge in [0.25, 0.3) is 0 Å². The molecule has 3 heteroatoms. The van der Waals surface area contributed by atoms with Gasteiger partial charge in [0.15, 0.2) is 0 Å². The first kappa shape index (κ1) is 13.6. The summed E-state index contributed by atoms with van der Waals surface area (Å²) in [5.74, 6) is 0. The molecule has 1 nitrogen and oxygen atoms in total. The molecule has 0 bridgehead atoms. The summed E-state index contributed by atoms with van der Waals surface area (Å²) in [6.07, 6.45) is 0.489. The fourth-order valence-corrected chi connectivity index (χ4v) is 2.68. The Kier molecular flexibility index (Phi) is 4.10. The van der Waals surface area contributed by atoms with Gasteiger partial charge in [-0.1, -0.05) is 63.9 Å². The van der Waals surface area contributed by atoms with E-state index >= 15 is 0 Å². The third kappa shape index (κ3) is 3.14. The van der Waals surface area contributed by atoms with E-state index < -0.39 is 5.60 Å². The van der Waals surface area contributed by atoms with Gasteiger partial charge in [-0.15, -0.1) is 0 Å². The smallest absolute Gasteiger partial charge is 0.0909 e. The minimum atomic E-state index is -0.918. The minimum Gasteiger partial charge on any atom is -0.385 e. The molecule has 0 aliphatic carbocycles. The van der Waals surface area contributed by atoms with Crippen LogP contribution in [0, 0.1) is 0 Å². The molecule has 2 aromatic rings. The van der Waals surface area contributed by atoms with Crippen LogP contribution in [-0.2, 0) is 12.0 Å². The van der Waals surface area contributed by atoms with E-state index in [-0.39, 0.29) is 0 Å². The van der Waals surface area contributed by atoms with Crippen LogP contribution in [0.5, 0.6) is 0 Å². The minimum absolute atomic E-state index is 0.489. The van der Waals surface area contributed by atoms with Gasteiger partial charge in [-0.3, -0.25) is 0 Å². The van der Waals surface area contributed by atoms with Crippen molar-refractivity contribution in [1.82, 2.24) is 0 Å². The predicted octanol–water partition coefficient (Wildman–Crippen LogP) is 4.55. The fraction of sp³-hybridized carbons (Fsp3) is 0.200. The van der Waals surface area contributed by atoms with E-state index in [0.29, 0.717) is 11.4 Å². The van der Waals surface area contributed by atoms with Gasteiger partial charge in [-0.05, 0) is 30.2 Å². The first-order chi connectivity index (χ1) is 8.49. The molecule has 0 saturated carbocycles. The first-order valence-electron chi connectivity index (χ1n) is 5.71. The average Bonchev–Trinajstić information content (AvgIpc) is 2.34. The fourth-order valence-electron chi connectivity index (χ4n) is 1.94. The Morgan fingerprint density at radius 3 is 2.44 bits per heavy atom. The van der Waals surface area contributed by atoms with Crippen molar-refractivity contribution >= 4 is 27.5 Å². The summed E-state index contributed by atoms with van der Waals surface area (Å²) in [7, 11) is 0. The van der Waals surface area contributed by atoms with Gasteiger partial charge in [-0.25, -0.2) is 0 Å². The van der Waals surface area contributed by atoms with Gasteiger partial charge < -0.3 is 5.11 Å². The zero-order chi connectivity index (χ0) is 13.2. The molecule has 0 amide bonds. The second-order valence-corrected chi connectivity index (χ2v) is 5.88. The Balaban J connectivity index is 2.28. The maximum atomic E-state index is 10.6. The molecule has 0 fully saturated rings. The molecule has 18 heavy (non-hydrogen) atoms. The van der Waals surface area contributed by atoms with E-state index in [4.69, 9.17) is 11.6 Å². The zero-order valence-corrected chi connectivity index (χ0v) is 12.4. The van der Waals surface area contributed by atoms with Crippen LogP contribution in [0.1, 0.15) is 18.1 Å². The van der Waals surface area contributed by atoms with Crippen LogP contribution >= 0.6 is 27.5 Å². The molecule has 0 aromatic heterocycles. The van der Waals surface area contributed by atoms with E-state index in [9.17, 15) is 5.11 Å². The predicted molar refractivity (Wildman–Crippen MR) is 78.9 cm³/mol. The highest BCUT2D eigenvalue weighted by molar-refractivity contribution is 9.10. The SMILES string of the molecule is CC(O)(Cc1ccc(Br)cc1Cl)c1ccccc1. The molecule has 2 aromatic carbocycles. The van der Waals surface area contributed by atoms with Crippen molar-refractivity contribution in [3.8, 4) is 0 Å². The van der Waals surface area contributed by atoms with E-state index in [2.05, 4.69) is 15.9 Å². The summed E-state index contributed by atoms with van der Waals surface area (Å²) < 4.78 is 0.940. The molecule has 2 rings (SSSR count). The number of rotatable bonds is 3. The highest BCUT2D eigenvalue weighted by Crippen LogP contribution is 2.29. The molecule has 0 aliphatic heterocycles. The van der Waals surface area contributed by atoms with E-state index in [1.807, 2.05) is 48.5 Å². The van der Waals surface area contributed by atoms with E-state index in [1.165, 1.54) is 0 Å². The van der Waals surface area contributed by atoms with Crippen LogP contribution in [-0.4, -0.2) is 5.11 Å². The summed E-state index contributed by atoms with van der Waals surface area (Å²) in [5.41, 5.74) is 0.913. The lowest BCUT2D eigenvalue weighted by Gasteiger charge is -2.24. The highest BCUT2D eigenvalue weighted by atomic mass is 79.9. The second kappa shape index (κ2) is 5.43. The molecule has 0 spiro atoms. The Bertz CT molecular complexity index is 537. The second-order valence-electron chi connectivity index (χ2n) is 4.55. The van der Waals surface area contributed by atoms with Crippen LogP contribution in [0.3, 0.4) is 0 Å². The quantitative estimate of drug-likeness (QED) is 0.877. The molecule has 1 atom stereocenters. The lowest BCUT2D eigenvalue weighted by molar-refractivity contribution is 0.0576. The van der Waals surface area contributed by atoms with Gasteiger partial charge in [0, 0.05) is 15.9 Å². The molecule has 1 N–H and O–H groups in total. The third-order valence-corrected chi connectivity index (χ3v) is 3.79. The lowest BCUT2D eigenvalue weighted by Crippen LogP contribution is -2.24. The van der Waals surface area contributed by atoms with Crippen LogP contribution in [0.15, 0.2) is 53.0 Å². The van der Waals surface area contributed by atoms with Gasteiger partial charge in [-0.2, -0.15) is 0 Å². The van der Waals surface area contributed by atoms with Crippen molar-refractivity contribution < 1.29 is 5.11 Å². The maximum absolute atomic E-state index is 10.6. The van der Waals surface area contributed by atoms with Crippen molar-refractivity contribution in [1.29, 1.82) is 0 Å². The van der Waals surface area contributed by atoms with Gasteiger partial charge in [0.2, 0.25) is 0 Å². The Morgan fingerprint density at radius 2 is 1.83 bits per heavy atom. The number of hydrogen-bond donors (Lipinski definition) is 1. The first-order valence-corrected chi connectivity index (χ1v) is 6.88. The number of hydrogen-bond acceptors (Lipinski definition) is 1. The largest absolute Gasteiger partial charge is 0.385 e. The molecule has 0 saturated heterocycles. The summed E-state index contributed by atoms with van der Waals surface area (Å²) in [5, 5.41) is 11.2. The number of aliphatic hydroxyl groups is 1. The molecular weight excluding hydrogens is 312 g/mol. The Hall–Kier alpha value is -0.830. The number of benzene rings is 2. The van der Waals surface area contributed by atoms with E-state index in [1.54, 1.807) is 6.92 Å². The lowest BCUT2D eigenvalue weighted by atomic mass is 9.89. The zero-order valence-electron chi connectivity index (χ0n) is 10.0. The van der Waals surface area contributed by atoms with Gasteiger partial charge in [0.05, 0.1) is 5.60 Å². The third-order valence-electron chi connectivity index (χ3n) is 2.95. The topological polar surface area (TPSA) is 20.2 Å². The monoisotopic (exact) mass is 324 g/mol. The molecule has 0 aliphatic rings. The molecule has 1 unspecified atom stereocenters. The Morgan fingerprint density at radius 1 is 1.17 bits per heavy atom. The highest BCUT2D eigenvalue weighted by Gasteiger charge is 2.24.